The number of benzene rings is 2. The van der Waals surface area contributed by atoms with Crippen LogP contribution in [-0.4, -0.2) is 32.3 Å². The maximum absolute atomic E-state index is 11.7. The van der Waals surface area contributed by atoms with Crippen LogP contribution in [0.5, 0.6) is 17.2 Å². The van der Waals surface area contributed by atoms with Crippen molar-refractivity contribution >= 4 is 5.91 Å². The Bertz CT molecular complexity index is 623. The molecule has 0 radical (unpaired) electrons. The third kappa shape index (κ3) is 6.20. The zero-order chi connectivity index (χ0) is 17.2. The molecule has 5 nitrogen and oxygen atoms in total. The SMILES string of the molecule is CCOc1ccc(OCC(=O)NCCOc2ccc(C)cc2)cc1. The molecule has 5 heteroatoms. The number of hydrogen-bond acceptors (Lipinski definition) is 4. The van der Waals surface area contributed by atoms with Crippen LogP contribution in [0, 0.1) is 6.92 Å². The molecule has 0 bridgehead atoms. The number of ether oxygens (including phenoxy) is 3. The quantitative estimate of drug-likeness (QED) is 0.719. The van der Waals surface area contributed by atoms with Gasteiger partial charge in [-0.15, -0.1) is 0 Å². The van der Waals surface area contributed by atoms with Gasteiger partial charge in [-0.3, -0.25) is 4.79 Å². The van der Waals surface area contributed by atoms with E-state index in [4.69, 9.17) is 14.2 Å². The van der Waals surface area contributed by atoms with Crippen LogP contribution >= 0.6 is 0 Å². The highest BCUT2D eigenvalue weighted by atomic mass is 16.5. The van der Waals surface area contributed by atoms with Crippen molar-refractivity contribution < 1.29 is 19.0 Å². The lowest BCUT2D eigenvalue weighted by Crippen LogP contribution is -2.32. The Balaban J connectivity index is 1.61. The third-order valence-corrected chi connectivity index (χ3v) is 3.22. The molecule has 0 atom stereocenters. The molecule has 0 heterocycles. The Morgan fingerprint density at radius 1 is 0.875 bits per heavy atom. The van der Waals surface area contributed by atoms with Gasteiger partial charge in [0.15, 0.2) is 6.61 Å². The van der Waals surface area contributed by atoms with E-state index in [0.29, 0.717) is 25.5 Å². The van der Waals surface area contributed by atoms with Crippen molar-refractivity contribution in [2.75, 3.05) is 26.4 Å². The summed E-state index contributed by atoms with van der Waals surface area (Å²) in [6.45, 7) is 5.38. The third-order valence-electron chi connectivity index (χ3n) is 3.22. The van der Waals surface area contributed by atoms with Crippen LogP contribution < -0.4 is 19.5 Å². The van der Waals surface area contributed by atoms with Crippen LogP contribution in [-0.2, 0) is 4.79 Å². The molecule has 0 saturated carbocycles. The molecule has 1 amide bonds. The van der Waals surface area contributed by atoms with Gasteiger partial charge in [0.25, 0.3) is 5.91 Å². The number of amides is 1. The Morgan fingerprint density at radius 3 is 2.04 bits per heavy atom. The average molecular weight is 329 g/mol. The van der Waals surface area contributed by atoms with Gasteiger partial charge in [-0.25, -0.2) is 0 Å². The van der Waals surface area contributed by atoms with Crippen molar-refractivity contribution in [1.82, 2.24) is 5.32 Å². The molecule has 128 valence electrons. The van der Waals surface area contributed by atoms with Crippen LogP contribution in [0.1, 0.15) is 12.5 Å². The second-order valence-corrected chi connectivity index (χ2v) is 5.20. The average Bonchev–Trinajstić information content (AvgIpc) is 2.60. The molecule has 2 aromatic rings. The van der Waals surface area contributed by atoms with E-state index in [2.05, 4.69) is 5.32 Å². The van der Waals surface area contributed by atoms with Gasteiger partial charge >= 0.3 is 0 Å². The van der Waals surface area contributed by atoms with E-state index in [1.165, 1.54) is 5.56 Å². The number of carbonyl (C=O) groups is 1. The Morgan fingerprint density at radius 2 is 1.42 bits per heavy atom. The molecule has 2 rings (SSSR count). The van der Waals surface area contributed by atoms with Crippen molar-refractivity contribution in [1.29, 1.82) is 0 Å². The minimum atomic E-state index is -0.184. The predicted octanol–water partition coefficient (Wildman–Crippen LogP) is 2.97. The summed E-state index contributed by atoms with van der Waals surface area (Å²) in [5, 5.41) is 2.75. The van der Waals surface area contributed by atoms with Gasteiger partial charge in [-0.05, 0) is 50.2 Å². The highest BCUT2D eigenvalue weighted by Crippen LogP contribution is 2.17. The Kier molecular flexibility index (Phi) is 6.95. The summed E-state index contributed by atoms with van der Waals surface area (Å²) in [6.07, 6.45) is 0. The molecule has 0 aliphatic carbocycles. The van der Waals surface area contributed by atoms with Gasteiger partial charge in [0.1, 0.15) is 23.9 Å². The van der Waals surface area contributed by atoms with E-state index in [9.17, 15) is 4.79 Å². The van der Waals surface area contributed by atoms with E-state index in [-0.39, 0.29) is 12.5 Å². The van der Waals surface area contributed by atoms with Gasteiger partial charge in [0.2, 0.25) is 0 Å². The standard InChI is InChI=1S/C19H23NO4/c1-3-22-16-8-10-18(11-9-16)24-14-19(21)20-12-13-23-17-6-4-15(2)5-7-17/h4-11H,3,12-14H2,1-2H3,(H,20,21). The fraction of sp³-hybridized carbons (Fsp3) is 0.316. The molecule has 1 N–H and O–H groups in total. The number of carbonyl (C=O) groups excluding carboxylic acids is 1. The molecule has 0 aromatic heterocycles. The zero-order valence-corrected chi connectivity index (χ0v) is 14.1. The molecule has 0 fully saturated rings. The fourth-order valence-corrected chi connectivity index (χ4v) is 1.99. The first-order valence-electron chi connectivity index (χ1n) is 7.99. The van der Waals surface area contributed by atoms with Crippen LogP contribution in [0.4, 0.5) is 0 Å². The normalized spacial score (nSPS) is 10.1. The fourth-order valence-electron chi connectivity index (χ4n) is 1.99. The smallest absolute Gasteiger partial charge is 0.258 e. The van der Waals surface area contributed by atoms with Gasteiger partial charge < -0.3 is 19.5 Å². The molecule has 0 spiro atoms. The topological polar surface area (TPSA) is 56.8 Å². The van der Waals surface area contributed by atoms with Crippen molar-refractivity contribution in [3.8, 4) is 17.2 Å². The Labute approximate surface area is 142 Å². The molecule has 2 aromatic carbocycles. The van der Waals surface area contributed by atoms with Gasteiger partial charge in [0.05, 0.1) is 13.2 Å². The molecule has 24 heavy (non-hydrogen) atoms. The molecule has 0 aliphatic heterocycles. The summed E-state index contributed by atoms with van der Waals surface area (Å²) in [4.78, 5) is 11.7. The maximum atomic E-state index is 11.7. The number of aryl methyl sites for hydroxylation is 1. The lowest BCUT2D eigenvalue weighted by Gasteiger charge is -2.09. The highest BCUT2D eigenvalue weighted by molar-refractivity contribution is 5.77. The number of hydrogen-bond donors (Lipinski definition) is 1. The van der Waals surface area contributed by atoms with Gasteiger partial charge in [-0.2, -0.15) is 0 Å². The van der Waals surface area contributed by atoms with E-state index in [1.54, 1.807) is 12.1 Å². The number of rotatable bonds is 9. The van der Waals surface area contributed by atoms with E-state index in [0.717, 1.165) is 11.5 Å². The maximum Gasteiger partial charge on any atom is 0.258 e. The number of nitrogens with one attached hydrogen (secondary N) is 1. The zero-order valence-electron chi connectivity index (χ0n) is 14.1. The van der Waals surface area contributed by atoms with Crippen molar-refractivity contribution in [2.24, 2.45) is 0 Å². The minimum absolute atomic E-state index is 0.0293. The van der Waals surface area contributed by atoms with Gasteiger partial charge in [0, 0.05) is 0 Å². The molecule has 0 aliphatic rings. The Hall–Kier alpha value is -2.69. The second-order valence-electron chi connectivity index (χ2n) is 5.20. The van der Waals surface area contributed by atoms with Crippen LogP contribution in [0.3, 0.4) is 0 Å². The largest absolute Gasteiger partial charge is 0.494 e. The first-order chi connectivity index (χ1) is 11.7. The van der Waals surface area contributed by atoms with Crippen molar-refractivity contribution in [2.45, 2.75) is 13.8 Å². The monoisotopic (exact) mass is 329 g/mol. The lowest BCUT2D eigenvalue weighted by atomic mass is 10.2. The highest BCUT2D eigenvalue weighted by Gasteiger charge is 2.03. The van der Waals surface area contributed by atoms with Gasteiger partial charge in [-0.1, -0.05) is 17.7 Å². The summed E-state index contributed by atoms with van der Waals surface area (Å²) >= 11 is 0. The summed E-state index contributed by atoms with van der Waals surface area (Å²) in [6, 6.07) is 15.0. The van der Waals surface area contributed by atoms with E-state index < -0.39 is 0 Å². The van der Waals surface area contributed by atoms with Crippen molar-refractivity contribution in [3.05, 3.63) is 54.1 Å². The van der Waals surface area contributed by atoms with Crippen molar-refractivity contribution in [3.63, 3.8) is 0 Å². The summed E-state index contributed by atoms with van der Waals surface area (Å²) in [7, 11) is 0. The molecular formula is C19H23NO4. The van der Waals surface area contributed by atoms with E-state index >= 15 is 0 Å². The first kappa shape index (κ1) is 17.7. The predicted molar refractivity (Wildman–Crippen MR) is 92.8 cm³/mol. The summed E-state index contributed by atoms with van der Waals surface area (Å²) in [5.74, 6) is 2.02. The van der Waals surface area contributed by atoms with E-state index in [1.807, 2.05) is 50.2 Å². The molecule has 0 saturated heterocycles. The van der Waals surface area contributed by atoms with Crippen LogP contribution in [0.25, 0.3) is 0 Å². The lowest BCUT2D eigenvalue weighted by molar-refractivity contribution is -0.123. The van der Waals surface area contributed by atoms with Crippen LogP contribution in [0.15, 0.2) is 48.5 Å². The first-order valence-corrected chi connectivity index (χ1v) is 7.99. The summed E-state index contributed by atoms with van der Waals surface area (Å²) < 4.78 is 16.3. The van der Waals surface area contributed by atoms with Crippen LogP contribution in [0.2, 0.25) is 0 Å². The summed E-state index contributed by atoms with van der Waals surface area (Å²) in [5.41, 5.74) is 1.18. The molecule has 0 unspecified atom stereocenters. The molecular weight excluding hydrogens is 306 g/mol. The second kappa shape index (κ2) is 9.45. The minimum Gasteiger partial charge on any atom is -0.494 e.